The van der Waals surface area contributed by atoms with Gasteiger partial charge in [-0.3, -0.25) is 9.63 Å². The van der Waals surface area contributed by atoms with Gasteiger partial charge in [-0.25, -0.2) is 9.45 Å². The summed E-state index contributed by atoms with van der Waals surface area (Å²) in [6, 6.07) is 0. The summed E-state index contributed by atoms with van der Waals surface area (Å²) in [6.07, 6.45) is 6.62. The molecule has 1 N–H and O–H groups in total. The van der Waals surface area contributed by atoms with Crippen molar-refractivity contribution in [1.29, 1.82) is 0 Å². The Morgan fingerprint density at radius 1 is 1.45 bits per heavy atom. The third kappa shape index (κ3) is 3.06. The number of nitrogens with zero attached hydrogens (tertiary/aromatic N) is 1. The van der Waals surface area contributed by atoms with Gasteiger partial charge in [-0.15, -0.1) is 0 Å². The SMILES string of the molecule is CON(C)C(=O)/C=C/[C@@](C)(F)[C@H]1CC[C@H]2C(O)CCC[C@@]21C. The Kier molecular flexibility index (Phi) is 4.97. The number of hydroxylamine groups is 2. The fraction of sp³-hybridized carbons (Fsp3) is 0.824. The van der Waals surface area contributed by atoms with Gasteiger partial charge < -0.3 is 5.11 Å². The van der Waals surface area contributed by atoms with Crippen LogP contribution in [0.15, 0.2) is 12.2 Å². The molecule has 2 saturated carbocycles. The lowest BCUT2D eigenvalue weighted by Crippen LogP contribution is -2.45. The molecule has 0 spiro atoms. The van der Waals surface area contributed by atoms with E-state index in [0.29, 0.717) is 0 Å². The first-order valence-electron chi connectivity index (χ1n) is 8.10. The number of halogens is 1. The fourth-order valence-electron chi connectivity index (χ4n) is 4.62. The zero-order valence-corrected chi connectivity index (χ0v) is 14.0. The quantitative estimate of drug-likeness (QED) is 0.641. The minimum Gasteiger partial charge on any atom is -0.393 e. The summed E-state index contributed by atoms with van der Waals surface area (Å²) in [5.41, 5.74) is -1.76. The van der Waals surface area contributed by atoms with Crippen LogP contribution in [-0.2, 0) is 9.63 Å². The standard InChI is InChI=1S/C17H28FNO3/c1-16-10-5-6-13(20)12(16)7-8-14(16)17(2,18)11-9-15(21)19(3)22-4/h9,11-14,20H,5-8,10H2,1-4H3/b11-9+/t12-,13?,14-,16-,17+/m0/s1. The Bertz CT molecular complexity index is 451. The molecule has 1 amide bonds. The molecule has 0 aromatic heterocycles. The molecule has 0 radical (unpaired) electrons. The third-order valence-corrected chi connectivity index (χ3v) is 5.91. The first kappa shape index (κ1) is 17.4. The lowest BCUT2D eigenvalue weighted by molar-refractivity contribution is -0.162. The normalized spacial score (nSPS) is 37.8. The van der Waals surface area contributed by atoms with Crippen LogP contribution in [0.3, 0.4) is 0 Å². The summed E-state index contributed by atoms with van der Waals surface area (Å²) in [4.78, 5) is 16.6. The summed E-state index contributed by atoms with van der Waals surface area (Å²) in [7, 11) is 2.89. The van der Waals surface area contributed by atoms with Crippen LogP contribution in [0.2, 0.25) is 0 Å². The maximum absolute atomic E-state index is 15.3. The number of alkyl halides is 1. The van der Waals surface area contributed by atoms with Crippen LogP contribution < -0.4 is 0 Å². The highest BCUT2D eigenvalue weighted by atomic mass is 19.1. The van der Waals surface area contributed by atoms with Gasteiger partial charge >= 0.3 is 0 Å². The number of fused-ring (bicyclic) bond motifs is 1. The number of carbonyl (C=O) groups excluding carboxylic acids is 1. The van der Waals surface area contributed by atoms with E-state index in [1.165, 1.54) is 26.3 Å². The molecule has 4 nitrogen and oxygen atoms in total. The van der Waals surface area contributed by atoms with Gasteiger partial charge in [-0.2, -0.15) is 0 Å². The van der Waals surface area contributed by atoms with E-state index < -0.39 is 5.67 Å². The van der Waals surface area contributed by atoms with Crippen LogP contribution in [0.1, 0.15) is 46.0 Å². The van der Waals surface area contributed by atoms with Crippen LogP contribution in [0, 0.1) is 17.3 Å². The Morgan fingerprint density at radius 2 is 2.14 bits per heavy atom. The molecule has 2 aliphatic rings. The number of hydrogen-bond acceptors (Lipinski definition) is 3. The predicted octanol–water partition coefficient (Wildman–Crippen LogP) is 2.87. The zero-order valence-electron chi connectivity index (χ0n) is 14.0. The van der Waals surface area contributed by atoms with Gasteiger partial charge in [0.15, 0.2) is 0 Å². The van der Waals surface area contributed by atoms with Crippen LogP contribution >= 0.6 is 0 Å². The minimum atomic E-state index is -1.56. The van der Waals surface area contributed by atoms with E-state index in [1.807, 2.05) is 0 Å². The molecule has 1 unspecified atom stereocenters. The summed E-state index contributed by atoms with van der Waals surface area (Å²) >= 11 is 0. The average Bonchev–Trinajstić information content (AvgIpc) is 2.83. The number of rotatable bonds is 4. The minimum absolute atomic E-state index is 0.170. The number of allylic oxidation sites excluding steroid dienone is 1. The molecule has 5 atom stereocenters. The lowest BCUT2D eigenvalue weighted by Gasteiger charge is -2.46. The van der Waals surface area contributed by atoms with Crippen molar-refractivity contribution in [3.63, 3.8) is 0 Å². The highest BCUT2D eigenvalue weighted by molar-refractivity contribution is 5.86. The molecule has 5 heteroatoms. The van der Waals surface area contributed by atoms with Crippen LogP contribution in [0.25, 0.3) is 0 Å². The number of amides is 1. The monoisotopic (exact) mass is 313 g/mol. The lowest BCUT2D eigenvalue weighted by atomic mass is 9.61. The molecule has 0 heterocycles. The Hall–Kier alpha value is -0.940. The van der Waals surface area contributed by atoms with Gasteiger partial charge in [0, 0.05) is 19.0 Å². The number of aliphatic hydroxyl groups is 1. The van der Waals surface area contributed by atoms with E-state index in [9.17, 15) is 9.90 Å². The molecule has 2 rings (SSSR count). The second kappa shape index (κ2) is 6.28. The molecule has 0 bridgehead atoms. The summed E-state index contributed by atoms with van der Waals surface area (Å²) < 4.78 is 15.3. The molecule has 0 aliphatic heterocycles. The fourth-order valence-corrected chi connectivity index (χ4v) is 4.62. The van der Waals surface area contributed by atoms with E-state index in [1.54, 1.807) is 6.92 Å². The second-order valence-corrected chi connectivity index (χ2v) is 7.20. The van der Waals surface area contributed by atoms with Crippen molar-refractivity contribution in [3.8, 4) is 0 Å². The van der Waals surface area contributed by atoms with Crippen LogP contribution in [-0.4, -0.2) is 42.0 Å². The van der Waals surface area contributed by atoms with E-state index in [4.69, 9.17) is 4.84 Å². The topological polar surface area (TPSA) is 49.8 Å². The molecule has 22 heavy (non-hydrogen) atoms. The highest BCUT2D eigenvalue weighted by Crippen LogP contribution is 2.59. The van der Waals surface area contributed by atoms with Gasteiger partial charge in [0.05, 0.1) is 13.2 Å². The van der Waals surface area contributed by atoms with Gasteiger partial charge in [0.2, 0.25) is 0 Å². The summed E-state index contributed by atoms with van der Waals surface area (Å²) in [5.74, 6) is -0.376. The third-order valence-electron chi connectivity index (χ3n) is 5.91. The number of hydrogen-bond donors (Lipinski definition) is 1. The largest absolute Gasteiger partial charge is 0.393 e. The van der Waals surface area contributed by atoms with Crippen molar-refractivity contribution in [2.75, 3.05) is 14.2 Å². The Balaban J connectivity index is 2.16. The van der Waals surface area contributed by atoms with Crippen molar-refractivity contribution < 1.29 is 19.1 Å². The maximum atomic E-state index is 15.3. The average molecular weight is 313 g/mol. The van der Waals surface area contributed by atoms with Crippen molar-refractivity contribution >= 4 is 5.91 Å². The molecule has 126 valence electrons. The molecule has 2 fully saturated rings. The highest BCUT2D eigenvalue weighted by Gasteiger charge is 2.56. The van der Waals surface area contributed by atoms with Gasteiger partial charge in [0.25, 0.3) is 5.91 Å². The molecular weight excluding hydrogens is 285 g/mol. The van der Waals surface area contributed by atoms with E-state index in [2.05, 4.69) is 6.92 Å². The maximum Gasteiger partial charge on any atom is 0.269 e. The van der Waals surface area contributed by atoms with Crippen molar-refractivity contribution in [2.24, 2.45) is 17.3 Å². The van der Waals surface area contributed by atoms with E-state index in [0.717, 1.165) is 37.2 Å². The van der Waals surface area contributed by atoms with Crippen molar-refractivity contribution in [3.05, 3.63) is 12.2 Å². The Morgan fingerprint density at radius 3 is 2.77 bits per heavy atom. The molecule has 0 aromatic rings. The molecule has 2 aliphatic carbocycles. The molecule has 0 aromatic carbocycles. The predicted molar refractivity (Wildman–Crippen MR) is 82.6 cm³/mol. The Labute approximate surface area is 132 Å². The van der Waals surface area contributed by atoms with E-state index in [-0.39, 0.29) is 29.3 Å². The first-order chi connectivity index (χ1) is 10.2. The van der Waals surface area contributed by atoms with Crippen molar-refractivity contribution in [2.45, 2.75) is 57.7 Å². The zero-order chi connectivity index (χ0) is 16.5. The molecule has 0 saturated heterocycles. The summed E-state index contributed by atoms with van der Waals surface area (Å²) in [5, 5.41) is 11.3. The van der Waals surface area contributed by atoms with Gasteiger partial charge in [0.1, 0.15) is 5.67 Å². The second-order valence-electron chi connectivity index (χ2n) is 7.20. The van der Waals surface area contributed by atoms with Crippen LogP contribution in [0.4, 0.5) is 4.39 Å². The van der Waals surface area contributed by atoms with Crippen molar-refractivity contribution in [1.82, 2.24) is 5.06 Å². The van der Waals surface area contributed by atoms with Crippen LogP contribution in [0.5, 0.6) is 0 Å². The molecular formula is C17H28FNO3. The summed E-state index contributed by atoms with van der Waals surface area (Å²) in [6.45, 7) is 3.65. The first-order valence-corrected chi connectivity index (χ1v) is 8.10. The van der Waals surface area contributed by atoms with Gasteiger partial charge in [-0.1, -0.05) is 13.3 Å². The smallest absolute Gasteiger partial charge is 0.269 e. The number of carbonyl (C=O) groups is 1. The number of aliphatic hydroxyl groups excluding tert-OH is 1. The van der Waals surface area contributed by atoms with Gasteiger partial charge in [-0.05, 0) is 50.0 Å². The van der Waals surface area contributed by atoms with E-state index >= 15 is 4.39 Å². The number of likely N-dealkylation sites (N-methyl/N-ethyl adjacent to an activating group) is 1.